The van der Waals surface area contributed by atoms with Crippen molar-refractivity contribution >= 4 is 5.97 Å². The Morgan fingerprint density at radius 3 is 2.46 bits per heavy atom. The molecule has 24 heavy (non-hydrogen) atoms. The topological polar surface area (TPSA) is 49.8 Å². The maximum absolute atomic E-state index is 11.0. The number of hydrogen-bond donors (Lipinski definition) is 1. The average Bonchev–Trinajstić information content (AvgIpc) is 3.08. The molecule has 1 saturated carbocycles. The van der Waals surface area contributed by atoms with Gasteiger partial charge in [-0.2, -0.15) is 0 Å². The molecule has 1 aliphatic heterocycles. The fourth-order valence-electron chi connectivity index (χ4n) is 3.99. The minimum absolute atomic E-state index is 0.357. The van der Waals surface area contributed by atoms with E-state index in [1.165, 1.54) is 37.7 Å². The number of benzene rings is 1. The summed E-state index contributed by atoms with van der Waals surface area (Å²) in [5.74, 6) is -0.0142. The lowest BCUT2D eigenvalue weighted by molar-refractivity contribution is 0.0410. The van der Waals surface area contributed by atoms with Crippen molar-refractivity contribution in [1.29, 1.82) is 0 Å². The molecule has 1 heterocycles. The number of hydrogen-bond acceptors (Lipinski definition) is 3. The predicted molar refractivity (Wildman–Crippen MR) is 94.2 cm³/mol. The second-order valence-corrected chi connectivity index (χ2v) is 7.48. The van der Waals surface area contributed by atoms with Gasteiger partial charge in [-0.3, -0.25) is 4.90 Å². The zero-order valence-electron chi connectivity index (χ0n) is 14.6. The molecule has 2 fully saturated rings. The molecular weight excluding hydrogens is 302 g/mol. The molecule has 0 spiro atoms. The molecule has 4 nitrogen and oxygen atoms in total. The molecule has 0 radical (unpaired) electrons. The number of rotatable bonds is 6. The fraction of sp³-hybridized carbons (Fsp3) is 0.650. The molecule has 0 amide bonds. The first-order valence-electron chi connectivity index (χ1n) is 9.29. The third-order valence-electron chi connectivity index (χ3n) is 5.55. The molecule has 4 heteroatoms. The Morgan fingerprint density at radius 1 is 1.17 bits per heavy atom. The Hall–Kier alpha value is -1.39. The number of carboxylic acid groups (broad SMARTS) is 1. The highest BCUT2D eigenvalue weighted by atomic mass is 16.5. The van der Waals surface area contributed by atoms with Crippen molar-refractivity contribution in [2.75, 3.05) is 13.2 Å². The Morgan fingerprint density at radius 2 is 1.88 bits per heavy atom. The SMILES string of the molecule is CC1CCC(N(Cc2ccc(C(=O)O)cc2)CC2CCCO2)CC1. The molecule has 0 bridgehead atoms. The van der Waals surface area contributed by atoms with Crippen LogP contribution < -0.4 is 0 Å². The van der Waals surface area contributed by atoms with E-state index in [1.54, 1.807) is 12.1 Å². The molecule has 1 aromatic carbocycles. The quantitative estimate of drug-likeness (QED) is 0.857. The van der Waals surface area contributed by atoms with Crippen LogP contribution >= 0.6 is 0 Å². The molecule has 1 aromatic rings. The Balaban J connectivity index is 1.67. The summed E-state index contributed by atoms with van der Waals surface area (Å²) in [6, 6.07) is 7.97. The normalized spacial score (nSPS) is 27.5. The lowest BCUT2D eigenvalue weighted by Gasteiger charge is -2.37. The minimum atomic E-state index is -0.862. The van der Waals surface area contributed by atoms with Crippen molar-refractivity contribution in [3.05, 3.63) is 35.4 Å². The zero-order chi connectivity index (χ0) is 16.9. The van der Waals surface area contributed by atoms with Gasteiger partial charge in [-0.25, -0.2) is 4.79 Å². The Bertz CT molecular complexity index is 528. The summed E-state index contributed by atoms with van der Waals surface area (Å²) in [6.45, 7) is 5.14. The Labute approximate surface area is 144 Å². The number of carbonyl (C=O) groups is 1. The van der Waals surface area contributed by atoms with Crippen molar-refractivity contribution in [3.63, 3.8) is 0 Å². The van der Waals surface area contributed by atoms with Crippen molar-refractivity contribution in [1.82, 2.24) is 4.90 Å². The molecule has 1 aliphatic carbocycles. The molecule has 3 rings (SSSR count). The molecular formula is C20H29NO3. The summed E-state index contributed by atoms with van der Waals surface area (Å²) < 4.78 is 5.86. The van der Waals surface area contributed by atoms with Gasteiger partial charge in [-0.05, 0) is 62.1 Å². The van der Waals surface area contributed by atoms with Crippen LogP contribution in [-0.4, -0.2) is 41.3 Å². The smallest absolute Gasteiger partial charge is 0.335 e. The number of carboxylic acids is 1. The van der Waals surface area contributed by atoms with Gasteiger partial charge in [0.25, 0.3) is 0 Å². The molecule has 1 unspecified atom stereocenters. The van der Waals surface area contributed by atoms with Gasteiger partial charge < -0.3 is 9.84 Å². The van der Waals surface area contributed by atoms with Crippen LogP contribution in [0.2, 0.25) is 0 Å². The third-order valence-corrected chi connectivity index (χ3v) is 5.55. The van der Waals surface area contributed by atoms with E-state index < -0.39 is 5.97 Å². The zero-order valence-corrected chi connectivity index (χ0v) is 14.6. The summed E-state index contributed by atoms with van der Waals surface area (Å²) >= 11 is 0. The molecule has 2 aliphatic rings. The van der Waals surface area contributed by atoms with Crippen molar-refractivity contribution in [2.24, 2.45) is 5.92 Å². The van der Waals surface area contributed by atoms with E-state index in [1.807, 2.05) is 12.1 Å². The first kappa shape index (κ1) is 17.4. The lowest BCUT2D eigenvalue weighted by Crippen LogP contribution is -2.41. The third kappa shape index (κ3) is 4.58. The fourth-order valence-corrected chi connectivity index (χ4v) is 3.99. The summed E-state index contributed by atoms with van der Waals surface area (Å²) in [6.07, 6.45) is 7.85. The van der Waals surface area contributed by atoms with Crippen LogP contribution in [0, 0.1) is 5.92 Å². The summed E-state index contributed by atoms with van der Waals surface area (Å²) in [7, 11) is 0. The number of nitrogens with zero attached hydrogens (tertiary/aromatic N) is 1. The van der Waals surface area contributed by atoms with Crippen LogP contribution in [0.15, 0.2) is 24.3 Å². The van der Waals surface area contributed by atoms with E-state index in [9.17, 15) is 4.79 Å². The van der Waals surface area contributed by atoms with Crippen LogP contribution in [0.5, 0.6) is 0 Å². The van der Waals surface area contributed by atoms with Gasteiger partial charge in [0, 0.05) is 25.7 Å². The predicted octanol–water partition coefficient (Wildman–Crippen LogP) is 3.94. The maximum Gasteiger partial charge on any atom is 0.335 e. The standard InChI is InChI=1S/C20H29NO3/c1-15-4-10-18(11-5-15)21(14-19-3-2-12-24-19)13-16-6-8-17(9-7-16)20(22)23/h6-9,15,18-19H,2-5,10-14H2,1H3,(H,22,23). The van der Waals surface area contributed by atoms with Crippen molar-refractivity contribution < 1.29 is 14.6 Å². The Kier molecular flexibility index (Phi) is 5.90. The van der Waals surface area contributed by atoms with E-state index in [-0.39, 0.29) is 0 Å². The summed E-state index contributed by atoms with van der Waals surface area (Å²) in [5, 5.41) is 9.05. The van der Waals surface area contributed by atoms with Crippen LogP contribution in [0.25, 0.3) is 0 Å². The minimum Gasteiger partial charge on any atom is -0.478 e. The summed E-state index contributed by atoms with van der Waals surface area (Å²) in [4.78, 5) is 13.6. The molecule has 132 valence electrons. The van der Waals surface area contributed by atoms with Gasteiger partial charge >= 0.3 is 5.97 Å². The van der Waals surface area contributed by atoms with Crippen LogP contribution in [0.3, 0.4) is 0 Å². The van der Waals surface area contributed by atoms with Crippen LogP contribution in [0.1, 0.15) is 61.4 Å². The highest BCUT2D eigenvalue weighted by molar-refractivity contribution is 5.87. The maximum atomic E-state index is 11.0. The highest BCUT2D eigenvalue weighted by Crippen LogP contribution is 2.29. The largest absolute Gasteiger partial charge is 0.478 e. The molecule has 1 saturated heterocycles. The molecule has 1 atom stereocenters. The van der Waals surface area contributed by atoms with Crippen molar-refractivity contribution in [3.8, 4) is 0 Å². The van der Waals surface area contributed by atoms with Gasteiger partial charge in [0.1, 0.15) is 0 Å². The molecule has 1 N–H and O–H groups in total. The first-order chi connectivity index (χ1) is 11.6. The van der Waals surface area contributed by atoms with Gasteiger partial charge in [0.2, 0.25) is 0 Å². The van der Waals surface area contributed by atoms with Gasteiger partial charge in [-0.15, -0.1) is 0 Å². The average molecular weight is 331 g/mol. The summed E-state index contributed by atoms with van der Waals surface area (Å²) in [5.41, 5.74) is 1.55. The molecule has 0 aromatic heterocycles. The number of aromatic carboxylic acids is 1. The van der Waals surface area contributed by atoms with Crippen LogP contribution in [0.4, 0.5) is 0 Å². The van der Waals surface area contributed by atoms with Crippen molar-refractivity contribution in [2.45, 2.75) is 64.1 Å². The van der Waals surface area contributed by atoms with E-state index in [4.69, 9.17) is 9.84 Å². The second-order valence-electron chi connectivity index (χ2n) is 7.48. The first-order valence-corrected chi connectivity index (χ1v) is 9.29. The second kappa shape index (κ2) is 8.13. The lowest BCUT2D eigenvalue weighted by atomic mass is 9.86. The van der Waals surface area contributed by atoms with E-state index in [0.29, 0.717) is 17.7 Å². The number of ether oxygens (including phenoxy) is 1. The highest BCUT2D eigenvalue weighted by Gasteiger charge is 2.27. The van der Waals surface area contributed by atoms with Gasteiger partial charge in [-0.1, -0.05) is 19.1 Å². The monoisotopic (exact) mass is 331 g/mol. The van der Waals surface area contributed by atoms with E-state index in [2.05, 4.69) is 11.8 Å². The van der Waals surface area contributed by atoms with Crippen LogP contribution in [-0.2, 0) is 11.3 Å². The van der Waals surface area contributed by atoms with E-state index in [0.717, 1.165) is 32.0 Å². The van der Waals surface area contributed by atoms with E-state index >= 15 is 0 Å². The van der Waals surface area contributed by atoms with Gasteiger partial charge in [0.05, 0.1) is 11.7 Å². The van der Waals surface area contributed by atoms with Gasteiger partial charge in [0.15, 0.2) is 0 Å².